The molecule has 4 amide bonds. The summed E-state index contributed by atoms with van der Waals surface area (Å²) in [6.07, 6.45) is 1.91. The molecule has 2 rings (SSSR count). The molecule has 6 heteroatoms. The van der Waals surface area contributed by atoms with Gasteiger partial charge in [-0.3, -0.25) is 14.5 Å². The van der Waals surface area contributed by atoms with Crippen LogP contribution in [0.2, 0.25) is 0 Å². The predicted octanol–water partition coefficient (Wildman–Crippen LogP) is -0.157. The van der Waals surface area contributed by atoms with Crippen molar-refractivity contribution in [1.82, 2.24) is 15.5 Å². The zero-order valence-corrected chi connectivity index (χ0v) is 10.1. The Morgan fingerprint density at radius 2 is 2.18 bits per heavy atom. The van der Waals surface area contributed by atoms with Gasteiger partial charge in [-0.25, -0.2) is 4.79 Å². The third-order valence-electron chi connectivity index (χ3n) is 3.37. The average molecular weight is 239 g/mol. The summed E-state index contributed by atoms with van der Waals surface area (Å²) in [7, 11) is 0. The van der Waals surface area contributed by atoms with Crippen molar-refractivity contribution in [3.8, 4) is 0 Å². The molecular weight excluding hydrogens is 222 g/mol. The highest BCUT2D eigenvalue weighted by Gasteiger charge is 2.56. The largest absolute Gasteiger partial charge is 0.355 e. The Bertz CT molecular complexity index is 378. The van der Waals surface area contributed by atoms with Crippen molar-refractivity contribution < 1.29 is 14.4 Å². The fraction of sp³-hybridized carbons (Fsp3) is 0.727. The van der Waals surface area contributed by atoms with Gasteiger partial charge in [0.25, 0.3) is 5.91 Å². The van der Waals surface area contributed by atoms with Crippen LogP contribution in [0, 0.1) is 5.92 Å². The number of nitrogens with zero attached hydrogens (tertiary/aromatic N) is 1. The van der Waals surface area contributed by atoms with E-state index in [0.29, 0.717) is 6.54 Å². The number of hydrogen-bond donors (Lipinski definition) is 2. The molecule has 0 aromatic rings. The molecule has 2 aliphatic rings. The van der Waals surface area contributed by atoms with Crippen molar-refractivity contribution >= 4 is 17.8 Å². The van der Waals surface area contributed by atoms with E-state index in [2.05, 4.69) is 10.6 Å². The molecule has 0 bridgehead atoms. The normalized spacial score (nSPS) is 28.2. The van der Waals surface area contributed by atoms with Crippen LogP contribution in [0.1, 0.15) is 26.7 Å². The Kier molecular flexibility index (Phi) is 2.81. The number of urea groups is 1. The van der Waals surface area contributed by atoms with Crippen LogP contribution in [0.5, 0.6) is 0 Å². The van der Waals surface area contributed by atoms with E-state index in [-0.39, 0.29) is 24.3 Å². The first-order chi connectivity index (χ1) is 7.99. The molecule has 1 saturated carbocycles. The van der Waals surface area contributed by atoms with Gasteiger partial charge >= 0.3 is 6.03 Å². The van der Waals surface area contributed by atoms with E-state index in [9.17, 15) is 14.4 Å². The Hall–Kier alpha value is -1.59. The molecule has 2 N–H and O–H groups in total. The fourth-order valence-corrected chi connectivity index (χ4v) is 2.19. The summed E-state index contributed by atoms with van der Waals surface area (Å²) < 4.78 is 0. The minimum Gasteiger partial charge on any atom is -0.355 e. The number of carbonyl (C=O) groups is 3. The van der Waals surface area contributed by atoms with Crippen LogP contribution in [0.4, 0.5) is 4.79 Å². The summed E-state index contributed by atoms with van der Waals surface area (Å²) in [6.45, 7) is 3.82. The van der Waals surface area contributed by atoms with Gasteiger partial charge in [-0.15, -0.1) is 0 Å². The van der Waals surface area contributed by atoms with Crippen LogP contribution in [0.3, 0.4) is 0 Å². The van der Waals surface area contributed by atoms with Gasteiger partial charge in [0.05, 0.1) is 0 Å². The minimum atomic E-state index is -0.802. The van der Waals surface area contributed by atoms with Gasteiger partial charge in [-0.2, -0.15) is 0 Å². The molecular formula is C11H17N3O3. The molecule has 6 nitrogen and oxygen atoms in total. The zero-order chi connectivity index (χ0) is 12.6. The molecule has 94 valence electrons. The summed E-state index contributed by atoms with van der Waals surface area (Å²) in [4.78, 5) is 36.2. The predicted molar refractivity (Wildman–Crippen MR) is 60.1 cm³/mol. The summed E-state index contributed by atoms with van der Waals surface area (Å²) in [5, 5.41) is 5.27. The highest BCUT2D eigenvalue weighted by Crippen LogP contribution is 2.42. The summed E-state index contributed by atoms with van der Waals surface area (Å²) >= 11 is 0. The maximum absolute atomic E-state index is 12.1. The fourth-order valence-electron chi connectivity index (χ4n) is 2.19. The smallest absolute Gasteiger partial charge is 0.325 e. The standard InChI is InChI=1S/C11H17N3O3/c1-3-12-8(15)6-14-9(16)11(2,7-4-5-7)13-10(14)17/h7H,3-6H2,1-2H3,(H,12,15)(H,13,17). The molecule has 1 unspecified atom stereocenters. The molecule has 0 aromatic heterocycles. The summed E-state index contributed by atoms with van der Waals surface area (Å²) in [5.74, 6) is -0.370. The van der Waals surface area contributed by atoms with Crippen LogP contribution in [0.15, 0.2) is 0 Å². The van der Waals surface area contributed by atoms with E-state index < -0.39 is 11.6 Å². The van der Waals surface area contributed by atoms with E-state index in [4.69, 9.17) is 0 Å². The number of imide groups is 1. The van der Waals surface area contributed by atoms with Gasteiger partial charge in [-0.1, -0.05) is 0 Å². The summed E-state index contributed by atoms with van der Waals surface area (Å²) in [5.41, 5.74) is -0.802. The Balaban J connectivity index is 2.06. The van der Waals surface area contributed by atoms with Crippen LogP contribution in [-0.4, -0.2) is 41.4 Å². The first-order valence-corrected chi connectivity index (χ1v) is 5.90. The van der Waals surface area contributed by atoms with Crippen LogP contribution >= 0.6 is 0 Å². The molecule has 0 radical (unpaired) electrons. The lowest BCUT2D eigenvalue weighted by Crippen LogP contribution is -2.47. The third-order valence-corrected chi connectivity index (χ3v) is 3.37. The summed E-state index contributed by atoms with van der Waals surface area (Å²) in [6, 6.07) is -0.462. The number of carbonyl (C=O) groups excluding carboxylic acids is 3. The number of hydrogen-bond acceptors (Lipinski definition) is 3. The van der Waals surface area contributed by atoms with Gasteiger partial charge < -0.3 is 10.6 Å². The second-order valence-electron chi connectivity index (χ2n) is 4.75. The highest BCUT2D eigenvalue weighted by atomic mass is 16.2. The lowest BCUT2D eigenvalue weighted by molar-refractivity contribution is -0.135. The lowest BCUT2D eigenvalue weighted by Gasteiger charge is -2.20. The topological polar surface area (TPSA) is 78.5 Å². The second-order valence-corrected chi connectivity index (χ2v) is 4.75. The van der Waals surface area contributed by atoms with E-state index in [0.717, 1.165) is 17.7 Å². The molecule has 0 aromatic carbocycles. The lowest BCUT2D eigenvalue weighted by atomic mass is 9.96. The van der Waals surface area contributed by atoms with Gasteiger partial charge in [0.2, 0.25) is 5.91 Å². The van der Waals surface area contributed by atoms with Gasteiger partial charge in [-0.05, 0) is 32.6 Å². The van der Waals surface area contributed by atoms with E-state index in [1.807, 2.05) is 0 Å². The van der Waals surface area contributed by atoms with E-state index in [1.54, 1.807) is 13.8 Å². The number of likely N-dealkylation sites (N-methyl/N-ethyl adjacent to an activating group) is 1. The second kappa shape index (κ2) is 4.01. The van der Waals surface area contributed by atoms with Crippen molar-refractivity contribution in [1.29, 1.82) is 0 Å². The highest BCUT2D eigenvalue weighted by molar-refractivity contribution is 6.09. The SMILES string of the molecule is CCNC(=O)CN1C(=O)NC(C)(C2CC2)C1=O. The van der Waals surface area contributed by atoms with Crippen molar-refractivity contribution in [2.75, 3.05) is 13.1 Å². The maximum atomic E-state index is 12.1. The van der Waals surface area contributed by atoms with E-state index in [1.165, 1.54) is 0 Å². The molecule has 17 heavy (non-hydrogen) atoms. The van der Waals surface area contributed by atoms with Crippen LogP contribution in [0.25, 0.3) is 0 Å². The first kappa shape index (κ1) is 11.9. The van der Waals surface area contributed by atoms with Gasteiger partial charge in [0.15, 0.2) is 0 Å². The van der Waals surface area contributed by atoms with Crippen LogP contribution < -0.4 is 10.6 Å². The van der Waals surface area contributed by atoms with Crippen molar-refractivity contribution in [3.63, 3.8) is 0 Å². The molecule has 1 heterocycles. The minimum absolute atomic E-state index is 0.194. The van der Waals surface area contributed by atoms with Crippen molar-refractivity contribution in [2.24, 2.45) is 5.92 Å². The maximum Gasteiger partial charge on any atom is 0.325 e. The van der Waals surface area contributed by atoms with Crippen molar-refractivity contribution in [3.05, 3.63) is 0 Å². The molecule has 1 aliphatic carbocycles. The van der Waals surface area contributed by atoms with Gasteiger partial charge in [0, 0.05) is 6.54 Å². The van der Waals surface area contributed by atoms with Gasteiger partial charge in [0.1, 0.15) is 12.1 Å². The van der Waals surface area contributed by atoms with Crippen LogP contribution in [-0.2, 0) is 9.59 Å². The Morgan fingerprint density at radius 1 is 1.53 bits per heavy atom. The number of rotatable bonds is 4. The molecule has 2 fully saturated rings. The van der Waals surface area contributed by atoms with Crippen molar-refractivity contribution in [2.45, 2.75) is 32.2 Å². The Morgan fingerprint density at radius 3 is 2.71 bits per heavy atom. The van der Waals surface area contributed by atoms with E-state index >= 15 is 0 Å². The molecule has 1 atom stereocenters. The number of amides is 4. The zero-order valence-electron chi connectivity index (χ0n) is 10.1. The Labute approximate surface area is 99.7 Å². The first-order valence-electron chi connectivity index (χ1n) is 5.90. The molecule has 1 saturated heterocycles. The average Bonchev–Trinajstić information content (AvgIpc) is 3.05. The quantitative estimate of drug-likeness (QED) is 0.669. The monoisotopic (exact) mass is 239 g/mol. The molecule has 0 spiro atoms. The number of nitrogens with one attached hydrogen (secondary N) is 2. The third kappa shape index (κ3) is 1.99. The molecule has 1 aliphatic heterocycles.